The second-order valence-corrected chi connectivity index (χ2v) is 6.33. The molecule has 0 fully saturated rings. The van der Waals surface area contributed by atoms with E-state index >= 15 is 0 Å². The van der Waals surface area contributed by atoms with Crippen LogP contribution in [0.15, 0.2) is 60.8 Å². The summed E-state index contributed by atoms with van der Waals surface area (Å²) in [5, 5.41) is 9.75. The molecule has 2 unspecified atom stereocenters. The van der Waals surface area contributed by atoms with E-state index in [1.54, 1.807) is 0 Å². The van der Waals surface area contributed by atoms with E-state index in [-0.39, 0.29) is 5.97 Å². The molecule has 0 saturated carbocycles. The van der Waals surface area contributed by atoms with Crippen LogP contribution in [0.5, 0.6) is 0 Å². The maximum atomic E-state index is 11.0. The summed E-state index contributed by atoms with van der Waals surface area (Å²) in [4.78, 5) is 24.7. The minimum atomic E-state index is -0.972. The van der Waals surface area contributed by atoms with Crippen LogP contribution in [-0.4, -0.2) is 41.2 Å². The van der Waals surface area contributed by atoms with Gasteiger partial charge in [0, 0.05) is 23.5 Å². The molecule has 0 aliphatic heterocycles. The number of rotatable bonds is 6. The number of ether oxygens (including phenoxy) is 1. The fourth-order valence-corrected chi connectivity index (χ4v) is 2.73. The van der Waals surface area contributed by atoms with Crippen molar-refractivity contribution in [1.29, 1.82) is 0 Å². The number of fused-ring (bicyclic) bond motifs is 1. The van der Waals surface area contributed by atoms with E-state index in [9.17, 15) is 9.59 Å². The van der Waals surface area contributed by atoms with Crippen molar-refractivity contribution >= 4 is 22.8 Å². The number of carbonyl (C=O) groups is 2. The Hall–Kier alpha value is -3.16. The second kappa shape index (κ2) is 10.2. The number of carbonyl (C=O) groups excluding carboxylic acids is 1. The number of nitrogens with two attached hydrogens (primary N) is 2. The molecule has 2 atom stereocenters. The van der Waals surface area contributed by atoms with Gasteiger partial charge >= 0.3 is 11.9 Å². The number of nitrogens with one attached hydrogen (secondary N) is 1. The molecule has 3 rings (SSSR count). The van der Waals surface area contributed by atoms with E-state index in [2.05, 4.69) is 9.72 Å². The number of hydrogen-bond acceptors (Lipinski definition) is 5. The first-order valence-electron chi connectivity index (χ1n) is 8.83. The fraction of sp³-hybridized carbons (Fsp3) is 0.238. The maximum absolute atomic E-state index is 11.0. The Balaban J connectivity index is 0.000000203. The van der Waals surface area contributed by atoms with Gasteiger partial charge in [-0.1, -0.05) is 48.5 Å². The van der Waals surface area contributed by atoms with Crippen molar-refractivity contribution < 1.29 is 19.4 Å². The largest absolute Gasteiger partial charge is 0.480 e. The van der Waals surface area contributed by atoms with Crippen molar-refractivity contribution in [2.45, 2.75) is 24.9 Å². The van der Waals surface area contributed by atoms with Crippen LogP contribution in [0, 0.1) is 0 Å². The number of carboxylic acid groups (broad SMARTS) is 1. The second-order valence-electron chi connectivity index (χ2n) is 6.33. The molecule has 0 radical (unpaired) electrons. The number of aromatic amines is 1. The summed E-state index contributed by atoms with van der Waals surface area (Å²) >= 11 is 0. The summed E-state index contributed by atoms with van der Waals surface area (Å²) in [7, 11) is 1.34. The molecular weight excluding hydrogens is 358 g/mol. The van der Waals surface area contributed by atoms with Crippen LogP contribution in [0.2, 0.25) is 0 Å². The number of esters is 1. The molecule has 0 bridgehead atoms. The molecule has 1 heterocycles. The van der Waals surface area contributed by atoms with Crippen LogP contribution in [0.1, 0.15) is 11.1 Å². The van der Waals surface area contributed by atoms with E-state index in [1.165, 1.54) is 7.11 Å². The summed E-state index contributed by atoms with van der Waals surface area (Å²) in [6, 6.07) is 16.0. The number of para-hydroxylation sites is 1. The zero-order valence-corrected chi connectivity index (χ0v) is 15.7. The Bertz CT molecular complexity index is 908. The average molecular weight is 383 g/mol. The van der Waals surface area contributed by atoms with Gasteiger partial charge in [-0.2, -0.15) is 0 Å². The Kier molecular flexibility index (Phi) is 7.74. The molecule has 0 aliphatic rings. The van der Waals surface area contributed by atoms with E-state index in [4.69, 9.17) is 16.6 Å². The van der Waals surface area contributed by atoms with E-state index < -0.39 is 18.1 Å². The molecule has 3 aromatic rings. The lowest BCUT2D eigenvalue weighted by Gasteiger charge is -2.08. The highest BCUT2D eigenvalue weighted by Crippen LogP contribution is 2.18. The molecule has 7 nitrogen and oxygen atoms in total. The van der Waals surface area contributed by atoms with Gasteiger partial charge < -0.3 is 26.3 Å². The van der Waals surface area contributed by atoms with Crippen LogP contribution >= 0.6 is 0 Å². The molecule has 0 saturated heterocycles. The zero-order valence-electron chi connectivity index (χ0n) is 15.7. The van der Waals surface area contributed by atoms with Crippen LogP contribution in [0.3, 0.4) is 0 Å². The summed E-state index contributed by atoms with van der Waals surface area (Å²) in [5.41, 5.74) is 14.1. The van der Waals surface area contributed by atoms with Crippen LogP contribution in [0.4, 0.5) is 0 Å². The lowest BCUT2D eigenvalue weighted by Crippen LogP contribution is -2.33. The average Bonchev–Trinajstić information content (AvgIpc) is 3.11. The smallest absolute Gasteiger partial charge is 0.322 e. The molecule has 6 N–H and O–H groups in total. The Labute approximate surface area is 163 Å². The normalized spacial score (nSPS) is 12.5. The number of aromatic nitrogens is 1. The summed E-state index contributed by atoms with van der Waals surface area (Å²) in [6.07, 6.45) is 2.68. The SMILES string of the molecule is COC(=O)C(N)Cc1ccccc1.NC(Cc1c[nH]c2ccccc12)C(=O)O. The highest BCUT2D eigenvalue weighted by Gasteiger charge is 2.14. The molecule has 0 spiro atoms. The topological polar surface area (TPSA) is 131 Å². The Morgan fingerprint density at radius 3 is 2.29 bits per heavy atom. The van der Waals surface area contributed by atoms with Crippen molar-refractivity contribution in [3.8, 4) is 0 Å². The number of H-pyrrole nitrogens is 1. The minimum Gasteiger partial charge on any atom is -0.480 e. The molecule has 0 aliphatic carbocycles. The highest BCUT2D eigenvalue weighted by molar-refractivity contribution is 5.84. The van der Waals surface area contributed by atoms with Gasteiger partial charge in [0.25, 0.3) is 0 Å². The van der Waals surface area contributed by atoms with Gasteiger partial charge in [0.1, 0.15) is 12.1 Å². The number of hydrogen-bond donors (Lipinski definition) is 4. The zero-order chi connectivity index (χ0) is 20.5. The predicted octanol–water partition coefficient (Wildman–Crippen LogP) is 1.85. The standard InChI is InChI=1S/C11H12N2O2.C10H13NO2/c12-9(11(14)15)5-7-6-13-10-4-2-1-3-8(7)10;1-13-10(12)9(11)7-8-5-3-2-4-6-8/h1-4,6,9,13H,5,12H2,(H,14,15);2-6,9H,7,11H2,1H3. The van der Waals surface area contributed by atoms with Crippen molar-refractivity contribution in [2.75, 3.05) is 7.11 Å². The number of benzene rings is 2. The number of aliphatic carboxylic acids is 1. The first-order valence-corrected chi connectivity index (χ1v) is 8.83. The van der Waals surface area contributed by atoms with E-state index in [1.807, 2.05) is 60.8 Å². The summed E-state index contributed by atoms with van der Waals surface area (Å²) in [5.74, 6) is -1.34. The van der Waals surface area contributed by atoms with Gasteiger partial charge in [0.05, 0.1) is 7.11 Å². The number of carboxylic acids is 1. The van der Waals surface area contributed by atoms with Crippen LogP contribution in [0.25, 0.3) is 10.9 Å². The highest BCUT2D eigenvalue weighted by atomic mass is 16.5. The van der Waals surface area contributed by atoms with Gasteiger partial charge in [-0.3, -0.25) is 9.59 Å². The predicted molar refractivity (Wildman–Crippen MR) is 108 cm³/mol. The molecule has 1 aromatic heterocycles. The van der Waals surface area contributed by atoms with Crippen molar-refractivity contribution in [2.24, 2.45) is 11.5 Å². The Morgan fingerprint density at radius 2 is 1.64 bits per heavy atom. The fourth-order valence-electron chi connectivity index (χ4n) is 2.73. The van der Waals surface area contributed by atoms with Crippen LogP contribution < -0.4 is 11.5 Å². The van der Waals surface area contributed by atoms with Crippen molar-refractivity contribution in [1.82, 2.24) is 4.98 Å². The van der Waals surface area contributed by atoms with Gasteiger partial charge in [-0.25, -0.2) is 0 Å². The minimum absolute atomic E-state index is 0.347. The molecule has 2 aromatic carbocycles. The van der Waals surface area contributed by atoms with Crippen molar-refractivity contribution in [3.63, 3.8) is 0 Å². The molecular formula is C21H25N3O4. The third-order valence-electron chi connectivity index (χ3n) is 4.23. The maximum Gasteiger partial charge on any atom is 0.322 e. The summed E-state index contributed by atoms with van der Waals surface area (Å²) in [6.45, 7) is 0. The van der Waals surface area contributed by atoms with Gasteiger partial charge in [0.15, 0.2) is 0 Å². The molecule has 7 heteroatoms. The van der Waals surface area contributed by atoms with Gasteiger partial charge in [-0.05, 0) is 23.6 Å². The molecule has 148 valence electrons. The van der Waals surface area contributed by atoms with Gasteiger partial charge in [-0.15, -0.1) is 0 Å². The molecule has 28 heavy (non-hydrogen) atoms. The summed E-state index contributed by atoms with van der Waals surface area (Å²) < 4.78 is 4.52. The first-order chi connectivity index (χ1) is 13.4. The third kappa shape index (κ3) is 5.94. The lowest BCUT2D eigenvalue weighted by atomic mass is 10.1. The third-order valence-corrected chi connectivity index (χ3v) is 4.23. The Morgan fingerprint density at radius 1 is 1.00 bits per heavy atom. The van der Waals surface area contributed by atoms with E-state index in [0.717, 1.165) is 22.0 Å². The lowest BCUT2D eigenvalue weighted by molar-refractivity contribution is -0.142. The monoisotopic (exact) mass is 383 g/mol. The first kappa shape index (κ1) is 21.1. The van der Waals surface area contributed by atoms with Gasteiger partial charge in [0.2, 0.25) is 0 Å². The number of methoxy groups -OCH3 is 1. The quantitative estimate of drug-likeness (QED) is 0.480. The van der Waals surface area contributed by atoms with Crippen LogP contribution in [-0.2, 0) is 27.2 Å². The van der Waals surface area contributed by atoms with E-state index in [0.29, 0.717) is 12.8 Å². The van der Waals surface area contributed by atoms with Crippen molar-refractivity contribution in [3.05, 3.63) is 71.9 Å². The molecule has 0 amide bonds.